The van der Waals surface area contributed by atoms with Crippen molar-refractivity contribution >= 4 is 12.0 Å². The van der Waals surface area contributed by atoms with Crippen LogP contribution in [0, 0.1) is 10.1 Å². The highest BCUT2D eigenvalue weighted by Gasteiger charge is 2.12. The molecule has 2 aromatic rings. The molecule has 0 saturated heterocycles. The van der Waals surface area contributed by atoms with Crippen molar-refractivity contribution in [2.45, 2.75) is 20.1 Å². The highest BCUT2D eigenvalue weighted by molar-refractivity contribution is 5.80. The van der Waals surface area contributed by atoms with Gasteiger partial charge < -0.3 is 4.74 Å². The molecule has 0 aliphatic heterocycles. The van der Waals surface area contributed by atoms with E-state index in [0.29, 0.717) is 18.7 Å². The van der Waals surface area contributed by atoms with Crippen molar-refractivity contribution in [3.63, 3.8) is 0 Å². The first-order valence-corrected chi connectivity index (χ1v) is 5.88. The minimum absolute atomic E-state index is 0.127. The van der Waals surface area contributed by atoms with Gasteiger partial charge in [0.1, 0.15) is 18.7 Å². The zero-order valence-corrected chi connectivity index (χ0v) is 10.7. The molecular weight excluding hydrogens is 264 g/mol. The first-order valence-electron chi connectivity index (χ1n) is 5.88. The van der Waals surface area contributed by atoms with Gasteiger partial charge in [-0.25, -0.2) is 9.67 Å². The first-order chi connectivity index (χ1) is 9.65. The second-order valence-electron chi connectivity index (χ2n) is 3.88. The van der Waals surface area contributed by atoms with Crippen LogP contribution >= 0.6 is 0 Å². The number of aldehydes is 1. The molecule has 20 heavy (non-hydrogen) atoms. The van der Waals surface area contributed by atoms with Crippen LogP contribution in [0.1, 0.15) is 23.1 Å². The quantitative estimate of drug-likeness (QED) is 0.451. The molecule has 0 unspecified atom stereocenters. The Morgan fingerprint density at radius 2 is 2.30 bits per heavy atom. The molecule has 0 atom stereocenters. The van der Waals surface area contributed by atoms with Gasteiger partial charge in [0.2, 0.25) is 0 Å². The van der Waals surface area contributed by atoms with E-state index in [1.807, 2.05) is 6.92 Å². The third-order valence-electron chi connectivity index (χ3n) is 2.68. The molecule has 0 aliphatic carbocycles. The van der Waals surface area contributed by atoms with Gasteiger partial charge in [-0.15, -0.1) is 0 Å². The van der Waals surface area contributed by atoms with Gasteiger partial charge in [-0.2, -0.15) is 5.10 Å². The molecular formula is C12H12N4O4. The number of non-ortho nitro benzene ring substituents is 1. The van der Waals surface area contributed by atoms with Crippen LogP contribution in [-0.2, 0) is 13.2 Å². The molecule has 1 aromatic heterocycles. The number of ether oxygens (including phenoxy) is 1. The minimum atomic E-state index is -0.565. The molecule has 0 radical (unpaired) electrons. The van der Waals surface area contributed by atoms with E-state index in [1.54, 1.807) is 4.68 Å². The van der Waals surface area contributed by atoms with Crippen molar-refractivity contribution in [1.29, 1.82) is 0 Å². The number of rotatable bonds is 6. The van der Waals surface area contributed by atoms with Crippen molar-refractivity contribution in [3.8, 4) is 5.75 Å². The van der Waals surface area contributed by atoms with Gasteiger partial charge in [0, 0.05) is 18.7 Å². The van der Waals surface area contributed by atoms with Crippen molar-refractivity contribution in [1.82, 2.24) is 14.8 Å². The topological polar surface area (TPSA) is 100 Å². The average Bonchev–Trinajstić information content (AvgIpc) is 2.92. The third-order valence-corrected chi connectivity index (χ3v) is 2.68. The van der Waals surface area contributed by atoms with Crippen LogP contribution in [0.2, 0.25) is 0 Å². The largest absolute Gasteiger partial charge is 0.485 e. The smallest absolute Gasteiger partial charge is 0.270 e. The van der Waals surface area contributed by atoms with Gasteiger partial charge in [-0.1, -0.05) is 0 Å². The van der Waals surface area contributed by atoms with Crippen LogP contribution in [0.25, 0.3) is 0 Å². The third kappa shape index (κ3) is 2.79. The van der Waals surface area contributed by atoms with E-state index >= 15 is 0 Å². The Hall–Kier alpha value is -2.77. The van der Waals surface area contributed by atoms with E-state index in [-0.39, 0.29) is 23.6 Å². The molecule has 0 spiro atoms. The summed E-state index contributed by atoms with van der Waals surface area (Å²) in [5.74, 6) is 0.888. The van der Waals surface area contributed by atoms with E-state index in [9.17, 15) is 14.9 Å². The van der Waals surface area contributed by atoms with E-state index in [4.69, 9.17) is 4.74 Å². The zero-order chi connectivity index (χ0) is 14.5. The lowest BCUT2D eigenvalue weighted by Crippen LogP contribution is -2.08. The van der Waals surface area contributed by atoms with Gasteiger partial charge in [0.25, 0.3) is 5.69 Å². The Bertz CT molecular complexity index is 638. The van der Waals surface area contributed by atoms with Crippen LogP contribution < -0.4 is 4.74 Å². The zero-order valence-electron chi connectivity index (χ0n) is 10.7. The van der Waals surface area contributed by atoms with E-state index in [0.717, 1.165) is 0 Å². The second kappa shape index (κ2) is 5.91. The maximum Gasteiger partial charge on any atom is 0.270 e. The molecule has 104 valence electrons. The normalized spacial score (nSPS) is 10.2. The van der Waals surface area contributed by atoms with Crippen molar-refractivity contribution < 1.29 is 14.5 Å². The number of hydrogen-bond acceptors (Lipinski definition) is 6. The number of nitro groups is 1. The van der Waals surface area contributed by atoms with Crippen LogP contribution in [0.3, 0.4) is 0 Å². The van der Waals surface area contributed by atoms with E-state index in [1.165, 1.54) is 24.5 Å². The molecule has 0 saturated carbocycles. The minimum Gasteiger partial charge on any atom is -0.485 e. The predicted octanol–water partition coefficient (Wildman–Crippen LogP) is 1.60. The maximum atomic E-state index is 11.0. The molecule has 0 N–H and O–H groups in total. The summed E-state index contributed by atoms with van der Waals surface area (Å²) in [5.41, 5.74) is -0.0297. The van der Waals surface area contributed by atoms with Crippen LogP contribution in [0.15, 0.2) is 24.5 Å². The summed E-state index contributed by atoms with van der Waals surface area (Å²) >= 11 is 0. The van der Waals surface area contributed by atoms with Crippen LogP contribution in [0.4, 0.5) is 5.69 Å². The number of hydrogen-bond donors (Lipinski definition) is 0. The average molecular weight is 276 g/mol. The van der Waals surface area contributed by atoms with Gasteiger partial charge in [0.15, 0.2) is 12.1 Å². The summed E-state index contributed by atoms with van der Waals surface area (Å²) in [6, 6.07) is 3.86. The summed E-state index contributed by atoms with van der Waals surface area (Å²) in [6.07, 6.45) is 1.94. The molecule has 0 amide bonds. The van der Waals surface area contributed by atoms with Gasteiger partial charge in [-0.3, -0.25) is 14.9 Å². The van der Waals surface area contributed by atoms with Gasteiger partial charge in [-0.05, 0) is 13.0 Å². The van der Waals surface area contributed by atoms with Crippen LogP contribution in [-0.4, -0.2) is 26.0 Å². The van der Waals surface area contributed by atoms with Crippen molar-refractivity contribution in [2.24, 2.45) is 0 Å². The number of nitrogens with zero attached hydrogens (tertiary/aromatic N) is 4. The van der Waals surface area contributed by atoms with Gasteiger partial charge in [0.05, 0.1) is 10.5 Å². The first kappa shape index (κ1) is 13.7. The van der Waals surface area contributed by atoms with Crippen molar-refractivity contribution in [2.75, 3.05) is 0 Å². The van der Waals surface area contributed by atoms with Crippen LogP contribution in [0.5, 0.6) is 5.75 Å². The lowest BCUT2D eigenvalue weighted by Gasteiger charge is -2.08. The standard InChI is InChI=1S/C12H12N4O4/c1-2-15-12(13-8-14-15)7-20-11-4-3-10(16(18)19)5-9(11)6-17/h3-6,8H,2,7H2,1H3. The fourth-order valence-corrected chi connectivity index (χ4v) is 1.68. The molecule has 0 bridgehead atoms. The van der Waals surface area contributed by atoms with E-state index in [2.05, 4.69) is 10.1 Å². The Balaban J connectivity index is 2.17. The summed E-state index contributed by atoms with van der Waals surface area (Å²) in [5, 5.41) is 14.6. The number of nitro benzene ring substituents is 1. The number of carbonyl (C=O) groups excluding carboxylic acids is 1. The Labute approximate surface area is 114 Å². The molecule has 1 heterocycles. The fourth-order valence-electron chi connectivity index (χ4n) is 1.68. The highest BCUT2D eigenvalue weighted by atomic mass is 16.6. The number of benzene rings is 1. The Morgan fingerprint density at radius 1 is 1.50 bits per heavy atom. The Morgan fingerprint density at radius 3 is 2.95 bits per heavy atom. The monoisotopic (exact) mass is 276 g/mol. The number of aromatic nitrogens is 3. The summed E-state index contributed by atoms with van der Waals surface area (Å²) in [4.78, 5) is 25.1. The fraction of sp³-hybridized carbons (Fsp3) is 0.250. The SMILES string of the molecule is CCn1ncnc1COc1ccc([N+](=O)[O-])cc1C=O. The maximum absolute atomic E-state index is 11.0. The highest BCUT2D eigenvalue weighted by Crippen LogP contribution is 2.23. The molecule has 0 aliphatic rings. The number of aryl methyl sites for hydroxylation is 1. The lowest BCUT2D eigenvalue weighted by atomic mass is 10.2. The lowest BCUT2D eigenvalue weighted by molar-refractivity contribution is -0.384. The molecule has 1 aromatic carbocycles. The summed E-state index contributed by atoms with van der Waals surface area (Å²) in [6.45, 7) is 2.70. The predicted molar refractivity (Wildman–Crippen MR) is 68.5 cm³/mol. The van der Waals surface area contributed by atoms with E-state index < -0.39 is 4.92 Å². The molecule has 0 fully saturated rings. The molecule has 8 nitrogen and oxygen atoms in total. The Kier molecular flexibility index (Phi) is 4.04. The molecule has 2 rings (SSSR count). The summed E-state index contributed by atoms with van der Waals surface area (Å²) < 4.78 is 7.13. The van der Waals surface area contributed by atoms with Crippen molar-refractivity contribution in [3.05, 3.63) is 46.0 Å². The molecule has 8 heteroatoms. The second-order valence-corrected chi connectivity index (χ2v) is 3.88. The van der Waals surface area contributed by atoms with Gasteiger partial charge >= 0.3 is 0 Å². The summed E-state index contributed by atoms with van der Waals surface area (Å²) in [7, 11) is 0. The number of carbonyl (C=O) groups is 1.